The van der Waals surface area contributed by atoms with Crippen LogP contribution in [0.4, 0.5) is 0 Å². The maximum atomic E-state index is 12.7. The molecule has 60 heavy (non-hydrogen) atoms. The van der Waals surface area contributed by atoms with Crippen molar-refractivity contribution in [3.05, 3.63) is 97.2 Å². The third kappa shape index (κ3) is 45.4. The molecule has 0 aliphatic carbocycles. The van der Waals surface area contributed by atoms with Crippen molar-refractivity contribution in [3.63, 3.8) is 0 Å². The zero-order chi connectivity index (χ0) is 43.7. The minimum absolute atomic E-state index is 0.119. The van der Waals surface area contributed by atoms with E-state index in [1.165, 1.54) is 57.8 Å². The number of allylic oxidation sites excluding steroid dienone is 15. The molecule has 0 aliphatic rings. The van der Waals surface area contributed by atoms with Crippen molar-refractivity contribution < 1.29 is 28.6 Å². The zero-order valence-electron chi connectivity index (χ0n) is 38.7. The van der Waals surface area contributed by atoms with E-state index in [0.29, 0.717) is 6.42 Å². The van der Waals surface area contributed by atoms with Gasteiger partial charge in [0, 0.05) is 12.8 Å². The highest BCUT2D eigenvalue weighted by atomic mass is 16.6. The van der Waals surface area contributed by atoms with Gasteiger partial charge in [0.1, 0.15) is 13.2 Å². The van der Waals surface area contributed by atoms with E-state index in [9.17, 15) is 14.4 Å². The van der Waals surface area contributed by atoms with Gasteiger partial charge in [-0.3, -0.25) is 14.4 Å². The Morgan fingerprint density at radius 2 is 0.733 bits per heavy atom. The van der Waals surface area contributed by atoms with Crippen LogP contribution in [0.25, 0.3) is 0 Å². The first-order chi connectivity index (χ1) is 29.5. The van der Waals surface area contributed by atoms with Gasteiger partial charge in [0.2, 0.25) is 0 Å². The lowest BCUT2D eigenvalue weighted by molar-refractivity contribution is -0.166. The van der Waals surface area contributed by atoms with E-state index in [-0.39, 0.29) is 38.0 Å². The number of hydrogen-bond donors (Lipinski definition) is 0. The average molecular weight is 833 g/mol. The van der Waals surface area contributed by atoms with Crippen molar-refractivity contribution in [2.75, 3.05) is 13.2 Å². The minimum Gasteiger partial charge on any atom is -0.462 e. The molecular weight excluding hydrogens is 745 g/mol. The molecular formula is C54H88O6. The molecule has 0 aromatic carbocycles. The van der Waals surface area contributed by atoms with E-state index < -0.39 is 12.1 Å². The molecule has 0 spiro atoms. The first kappa shape index (κ1) is 56.3. The summed E-state index contributed by atoms with van der Waals surface area (Å²) >= 11 is 0. The second-order valence-electron chi connectivity index (χ2n) is 15.6. The van der Waals surface area contributed by atoms with Gasteiger partial charge in [0.15, 0.2) is 6.10 Å². The van der Waals surface area contributed by atoms with Crippen LogP contribution in [0.2, 0.25) is 0 Å². The number of unbranched alkanes of at least 4 members (excludes halogenated alkanes) is 16. The molecule has 0 saturated heterocycles. The first-order valence-electron chi connectivity index (χ1n) is 24.2. The fourth-order valence-electron chi connectivity index (χ4n) is 6.17. The predicted molar refractivity (Wildman–Crippen MR) is 256 cm³/mol. The molecule has 0 bridgehead atoms. The number of hydrogen-bond acceptors (Lipinski definition) is 6. The molecule has 0 aliphatic heterocycles. The van der Waals surface area contributed by atoms with Crippen LogP contribution in [0.3, 0.4) is 0 Å². The molecule has 6 heteroatoms. The molecule has 0 amide bonds. The largest absolute Gasteiger partial charge is 0.462 e. The van der Waals surface area contributed by atoms with Gasteiger partial charge in [-0.15, -0.1) is 0 Å². The lowest BCUT2D eigenvalue weighted by atomic mass is 10.1. The summed E-state index contributed by atoms with van der Waals surface area (Å²) in [5, 5.41) is 0. The van der Waals surface area contributed by atoms with Gasteiger partial charge in [-0.25, -0.2) is 0 Å². The molecule has 0 heterocycles. The molecule has 0 radical (unpaired) electrons. The predicted octanol–water partition coefficient (Wildman–Crippen LogP) is 15.8. The van der Waals surface area contributed by atoms with Crippen molar-refractivity contribution in [1.29, 1.82) is 0 Å². The third-order valence-corrected chi connectivity index (χ3v) is 9.82. The lowest BCUT2D eigenvalue weighted by Crippen LogP contribution is -2.30. The van der Waals surface area contributed by atoms with Gasteiger partial charge in [-0.2, -0.15) is 0 Å². The molecule has 1 atom stereocenters. The smallest absolute Gasteiger partial charge is 0.309 e. The van der Waals surface area contributed by atoms with Gasteiger partial charge >= 0.3 is 17.9 Å². The number of rotatable bonds is 42. The molecule has 0 aromatic heterocycles. The molecule has 6 nitrogen and oxygen atoms in total. The molecule has 0 rings (SSSR count). The zero-order valence-corrected chi connectivity index (χ0v) is 38.7. The highest BCUT2D eigenvalue weighted by Crippen LogP contribution is 2.12. The standard InChI is InChI=1S/C54H88O6/c1-4-7-10-13-16-19-22-25-27-30-32-35-38-41-44-47-53(56)59-50-51(49-58-52(55)46-43-40-37-34-31-28-24-21-18-15-12-9-6-3)60-54(57)48-45-42-39-36-33-29-26-23-20-17-14-11-8-5-2/h7,10,14,16-17,19,21,23-27,32,35,41,44,51H,4-6,8-9,11-13,15,18,20,22,28-31,33-34,36-40,42-43,45-50H2,1-3H3/b10-7-,17-14-,19-16-,24-21-,26-23-,27-25-,35-32-,44-41-. The van der Waals surface area contributed by atoms with Gasteiger partial charge < -0.3 is 14.2 Å². The monoisotopic (exact) mass is 833 g/mol. The fourth-order valence-corrected chi connectivity index (χ4v) is 6.17. The number of esters is 3. The Morgan fingerprint density at radius 1 is 0.367 bits per heavy atom. The highest BCUT2D eigenvalue weighted by molar-refractivity contribution is 5.72. The van der Waals surface area contributed by atoms with Crippen molar-refractivity contribution in [2.45, 2.75) is 213 Å². The van der Waals surface area contributed by atoms with Crippen LogP contribution in [-0.2, 0) is 28.6 Å². The topological polar surface area (TPSA) is 78.9 Å². The van der Waals surface area contributed by atoms with Crippen LogP contribution in [0.15, 0.2) is 97.2 Å². The van der Waals surface area contributed by atoms with Crippen molar-refractivity contribution in [1.82, 2.24) is 0 Å². The van der Waals surface area contributed by atoms with Crippen molar-refractivity contribution in [3.8, 4) is 0 Å². The second kappa shape index (κ2) is 48.0. The van der Waals surface area contributed by atoms with Crippen LogP contribution in [0.5, 0.6) is 0 Å². The average Bonchev–Trinajstić information content (AvgIpc) is 3.24. The van der Waals surface area contributed by atoms with E-state index in [1.807, 2.05) is 6.08 Å². The number of carbonyl (C=O) groups is 3. The van der Waals surface area contributed by atoms with Crippen LogP contribution in [-0.4, -0.2) is 37.2 Å². The Hall–Kier alpha value is -3.67. The Bertz CT molecular complexity index is 1230. The minimum atomic E-state index is -0.827. The van der Waals surface area contributed by atoms with Crippen LogP contribution in [0.1, 0.15) is 207 Å². The Balaban J connectivity index is 4.56. The van der Waals surface area contributed by atoms with Gasteiger partial charge in [-0.1, -0.05) is 189 Å². The number of ether oxygens (including phenoxy) is 3. The Kier molecular flexibility index (Phi) is 45.1. The molecule has 0 fully saturated rings. The summed E-state index contributed by atoms with van der Waals surface area (Å²) in [6.07, 6.45) is 62.6. The first-order valence-corrected chi connectivity index (χ1v) is 24.2. The second-order valence-corrected chi connectivity index (χ2v) is 15.6. The lowest BCUT2D eigenvalue weighted by Gasteiger charge is -2.18. The van der Waals surface area contributed by atoms with E-state index in [2.05, 4.69) is 106 Å². The summed E-state index contributed by atoms with van der Waals surface area (Å²) in [5.41, 5.74) is 0. The van der Waals surface area contributed by atoms with E-state index in [0.717, 1.165) is 109 Å². The van der Waals surface area contributed by atoms with Gasteiger partial charge in [0.05, 0.1) is 6.42 Å². The summed E-state index contributed by atoms with van der Waals surface area (Å²) in [7, 11) is 0. The third-order valence-electron chi connectivity index (χ3n) is 9.82. The van der Waals surface area contributed by atoms with Crippen LogP contribution < -0.4 is 0 Å². The molecule has 340 valence electrons. The Morgan fingerprint density at radius 3 is 1.23 bits per heavy atom. The normalized spacial score (nSPS) is 12.9. The maximum absolute atomic E-state index is 12.7. The number of carbonyl (C=O) groups excluding carboxylic acids is 3. The van der Waals surface area contributed by atoms with Crippen LogP contribution in [0, 0.1) is 0 Å². The molecule has 1 unspecified atom stereocenters. The SMILES string of the molecule is CC/C=C\C/C=C\C/C=C\C/C=C\C/C=C\CC(=O)OCC(COC(=O)CCCCCCC/C=C\CCCCCC)OC(=O)CCCCCCC/C=C\C/C=C\CCCC. The van der Waals surface area contributed by atoms with E-state index >= 15 is 0 Å². The summed E-state index contributed by atoms with van der Waals surface area (Å²) in [4.78, 5) is 37.8. The Labute approximate surface area is 368 Å². The van der Waals surface area contributed by atoms with E-state index in [4.69, 9.17) is 14.2 Å². The van der Waals surface area contributed by atoms with Gasteiger partial charge in [0.25, 0.3) is 0 Å². The van der Waals surface area contributed by atoms with Crippen LogP contribution >= 0.6 is 0 Å². The highest BCUT2D eigenvalue weighted by Gasteiger charge is 2.19. The van der Waals surface area contributed by atoms with Crippen molar-refractivity contribution >= 4 is 17.9 Å². The quantitative estimate of drug-likeness (QED) is 0.0264. The summed E-state index contributed by atoms with van der Waals surface area (Å²) in [5.74, 6) is -1.08. The summed E-state index contributed by atoms with van der Waals surface area (Å²) in [6, 6.07) is 0. The fraction of sp³-hybridized carbons (Fsp3) is 0.648. The molecule has 0 N–H and O–H groups in total. The van der Waals surface area contributed by atoms with Crippen molar-refractivity contribution in [2.24, 2.45) is 0 Å². The van der Waals surface area contributed by atoms with E-state index in [1.54, 1.807) is 6.08 Å². The summed E-state index contributed by atoms with van der Waals surface area (Å²) in [6.45, 7) is 6.34. The maximum Gasteiger partial charge on any atom is 0.309 e. The summed E-state index contributed by atoms with van der Waals surface area (Å²) < 4.78 is 16.6. The molecule has 0 aromatic rings. The van der Waals surface area contributed by atoms with Gasteiger partial charge in [-0.05, 0) is 96.3 Å². The molecule has 0 saturated carbocycles.